The largest absolute Gasteiger partial charge is 0.381 e. The number of rotatable bonds is 5. The van der Waals surface area contributed by atoms with E-state index in [1.807, 2.05) is 39.8 Å². The summed E-state index contributed by atoms with van der Waals surface area (Å²) < 4.78 is 22.0. The number of hydrogen-bond acceptors (Lipinski definition) is 3. The Hall–Kier alpha value is -3.19. The molecule has 3 aromatic rings. The average molecular weight is 435 g/mol. The molecule has 2 aromatic carbocycles. The van der Waals surface area contributed by atoms with Crippen molar-refractivity contribution < 1.29 is 18.7 Å². The minimum absolute atomic E-state index is 0.0438. The molecule has 3 heterocycles. The second kappa shape index (κ2) is 8.74. The zero-order valence-corrected chi connectivity index (χ0v) is 17.9. The quantitative estimate of drug-likeness (QED) is 0.662. The van der Waals surface area contributed by atoms with E-state index >= 15 is 0 Å². The molecular weight excluding hydrogens is 409 g/mol. The molecule has 2 fully saturated rings. The van der Waals surface area contributed by atoms with Crippen LogP contribution in [0.1, 0.15) is 41.6 Å². The van der Waals surface area contributed by atoms with Gasteiger partial charge in [-0.05, 0) is 49.1 Å². The Morgan fingerprint density at radius 2 is 1.91 bits per heavy atom. The van der Waals surface area contributed by atoms with Gasteiger partial charge in [-0.3, -0.25) is 9.59 Å². The number of carbonyl (C=O) groups excluding carboxylic acids is 2. The van der Waals surface area contributed by atoms with Crippen LogP contribution in [0.2, 0.25) is 0 Å². The lowest BCUT2D eigenvalue weighted by Gasteiger charge is -2.22. The molecule has 166 valence electrons. The van der Waals surface area contributed by atoms with Gasteiger partial charge in [-0.2, -0.15) is 0 Å². The topological polar surface area (TPSA) is 63.6 Å². The van der Waals surface area contributed by atoms with Crippen molar-refractivity contribution in [2.75, 3.05) is 24.7 Å². The smallest absolute Gasteiger partial charge is 0.253 e. The van der Waals surface area contributed by atoms with Gasteiger partial charge in [0, 0.05) is 56.0 Å². The summed E-state index contributed by atoms with van der Waals surface area (Å²) in [4.78, 5) is 26.8. The Kier molecular flexibility index (Phi) is 5.66. The highest BCUT2D eigenvalue weighted by atomic mass is 19.1. The number of ether oxygens (including phenoxy) is 1. The number of anilines is 1. The third kappa shape index (κ3) is 4.00. The molecule has 0 aliphatic carbocycles. The van der Waals surface area contributed by atoms with Crippen LogP contribution in [0.3, 0.4) is 0 Å². The molecule has 0 atom stereocenters. The van der Waals surface area contributed by atoms with Crippen molar-refractivity contribution in [1.82, 2.24) is 9.88 Å². The molecule has 0 bridgehead atoms. The van der Waals surface area contributed by atoms with E-state index in [9.17, 15) is 14.0 Å². The first-order chi connectivity index (χ1) is 15.6. The van der Waals surface area contributed by atoms with Crippen LogP contribution in [0, 0.1) is 5.82 Å². The summed E-state index contributed by atoms with van der Waals surface area (Å²) in [5, 5.41) is 3.38. The van der Waals surface area contributed by atoms with Crippen LogP contribution in [0.25, 0.3) is 10.9 Å². The average Bonchev–Trinajstić information content (AvgIpc) is 3.40. The molecule has 2 amide bonds. The Morgan fingerprint density at radius 3 is 2.62 bits per heavy atom. The zero-order chi connectivity index (χ0) is 22.1. The molecule has 2 saturated heterocycles. The second-order valence-corrected chi connectivity index (χ2v) is 8.48. The summed E-state index contributed by atoms with van der Waals surface area (Å²) in [5.41, 5.74) is 2.94. The van der Waals surface area contributed by atoms with E-state index in [1.54, 1.807) is 12.3 Å². The van der Waals surface area contributed by atoms with Crippen LogP contribution in [0.5, 0.6) is 0 Å². The van der Waals surface area contributed by atoms with Crippen LogP contribution in [0.4, 0.5) is 10.1 Å². The van der Waals surface area contributed by atoms with Crippen LogP contribution in [-0.4, -0.2) is 42.2 Å². The van der Waals surface area contributed by atoms with Gasteiger partial charge < -0.3 is 19.5 Å². The van der Waals surface area contributed by atoms with Crippen molar-refractivity contribution in [2.24, 2.45) is 0 Å². The maximum atomic E-state index is 14.7. The molecule has 2 aliphatic heterocycles. The molecule has 0 unspecified atom stereocenters. The maximum Gasteiger partial charge on any atom is 0.253 e. The van der Waals surface area contributed by atoms with E-state index in [0.717, 1.165) is 37.1 Å². The predicted molar refractivity (Wildman–Crippen MR) is 120 cm³/mol. The summed E-state index contributed by atoms with van der Waals surface area (Å²) in [6.07, 6.45) is 4.75. The normalized spacial score (nSPS) is 17.3. The summed E-state index contributed by atoms with van der Waals surface area (Å²) in [6, 6.07) is 12.8. The standard InChI is InChI=1S/C25H26FN3O3/c26-21-3-1-4-22-24(21)20(25(31)27-18-10-13-32-14-11-18)16-28(22)15-17-6-8-19(9-7-17)29-12-2-5-23(29)30/h1,3-4,6-9,16,18H,2,5,10-15H2,(H,27,31). The summed E-state index contributed by atoms with van der Waals surface area (Å²) >= 11 is 0. The first-order valence-electron chi connectivity index (χ1n) is 11.2. The third-order valence-corrected chi connectivity index (χ3v) is 6.33. The van der Waals surface area contributed by atoms with Crippen molar-refractivity contribution in [1.29, 1.82) is 0 Å². The SMILES string of the molecule is O=C(NC1CCOCC1)c1cn(Cc2ccc(N3CCCC3=O)cc2)c2cccc(F)c12. The molecule has 5 rings (SSSR count). The highest BCUT2D eigenvalue weighted by Gasteiger charge is 2.23. The third-order valence-electron chi connectivity index (χ3n) is 6.33. The molecule has 1 N–H and O–H groups in total. The number of nitrogens with one attached hydrogen (secondary N) is 1. The van der Waals surface area contributed by atoms with Crippen molar-refractivity contribution >= 4 is 28.4 Å². The van der Waals surface area contributed by atoms with Crippen molar-refractivity contribution in [2.45, 2.75) is 38.3 Å². The summed E-state index contributed by atoms with van der Waals surface area (Å²) in [6.45, 7) is 2.50. The van der Waals surface area contributed by atoms with E-state index in [2.05, 4.69) is 5.32 Å². The molecule has 0 saturated carbocycles. The highest BCUT2D eigenvalue weighted by Crippen LogP contribution is 2.27. The number of benzene rings is 2. The maximum absolute atomic E-state index is 14.7. The van der Waals surface area contributed by atoms with Gasteiger partial charge in [-0.1, -0.05) is 18.2 Å². The number of amides is 2. The number of halogens is 1. The summed E-state index contributed by atoms with van der Waals surface area (Å²) in [7, 11) is 0. The summed E-state index contributed by atoms with van der Waals surface area (Å²) in [5.74, 6) is -0.500. The van der Waals surface area contributed by atoms with E-state index in [0.29, 0.717) is 42.6 Å². The number of carbonyl (C=O) groups is 2. The predicted octanol–water partition coefficient (Wildman–Crippen LogP) is 3.86. The van der Waals surface area contributed by atoms with E-state index in [4.69, 9.17) is 4.74 Å². The van der Waals surface area contributed by atoms with Gasteiger partial charge >= 0.3 is 0 Å². The van der Waals surface area contributed by atoms with E-state index in [1.165, 1.54) is 6.07 Å². The van der Waals surface area contributed by atoms with Crippen molar-refractivity contribution in [3.8, 4) is 0 Å². The van der Waals surface area contributed by atoms with Crippen LogP contribution in [-0.2, 0) is 16.1 Å². The van der Waals surface area contributed by atoms with Crippen LogP contribution in [0.15, 0.2) is 48.7 Å². The highest BCUT2D eigenvalue weighted by molar-refractivity contribution is 6.07. The Morgan fingerprint density at radius 1 is 1.12 bits per heavy atom. The van der Waals surface area contributed by atoms with E-state index < -0.39 is 5.82 Å². The van der Waals surface area contributed by atoms with Gasteiger partial charge in [0.05, 0.1) is 11.1 Å². The lowest BCUT2D eigenvalue weighted by Crippen LogP contribution is -2.38. The van der Waals surface area contributed by atoms with E-state index in [-0.39, 0.29) is 17.9 Å². The number of nitrogens with zero attached hydrogens (tertiary/aromatic N) is 2. The van der Waals surface area contributed by atoms with Crippen molar-refractivity contribution in [3.63, 3.8) is 0 Å². The zero-order valence-electron chi connectivity index (χ0n) is 17.9. The lowest BCUT2D eigenvalue weighted by atomic mass is 10.1. The van der Waals surface area contributed by atoms with Gasteiger partial charge in [-0.15, -0.1) is 0 Å². The minimum Gasteiger partial charge on any atom is -0.381 e. The van der Waals surface area contributed by atoms with Gasteiger partial charge in [0.25, 0.3) is 5.91 Å². The number of fused-ring (bicyclic) bond motifs is 1. The van der Waals surface area contributed by atoms with Gasteiger partial charge in [0.1, 0.15) is 5.82 Å². The minimum atomic E-state index is -0.402. The fraction of sp³-hybridized carbons (Fsp3) is 0.360. The Balaban J connectivity index is 1.41. The van der Waals surface area contributed by atoms with Crippen LogP contribution < -0.4 is 10.2 Å². The first-order valence-corrected chi connectivity index (χ1v) is 11.2. The number of hydrogen-bond donors (Lipinski definition) is 1. The molecule has 0 radical (unpaired) electrons. The first kappa shape index (κ1) is 20.7. The second-order valence-electron chi connectivity index (χ2n) is 8.48. The molecule has 6 nitrogen and oxygen atoms in total. The fourth-order valence-corrected chi connectivity index (χ4v) is 4.62. The lowest BCUT2D eigenvalue weighted by molar-refractivity contribution is -0.117. The molecular formula is C25H26FN3O3. The van der Waals surface area contributed by atoms with Crippen molar-refractivity contribution in [3.05, 3.63) is 65.6 Å². The van der Waals surface area contributed by atoms with Gasteiger partial charge in [-0.25, -0.2) is 4.39 Å². The number of aromatic nitrogens is 1. The molecule has 2 aliphatic rings. The molecule has 1 aromatic heterocycles. The van der Waals surface area contributed by atoms with Crippen LogP contribution >= 0.6 is 0 Å². The Labute approximate surface area is 186 Å². The molecule has 0 spiro atoms. The van der Waals surface area contributed by atoms with Gasteiger partial charge in [0.2, 0.25) is 5.91 Å². The Bertz CT molecular complexity index is 1150. The monoisotopic (exact) mass is 435 g/mol. The van der Waals surface area contributed by atoms with Gasteiger partial charge in [0.15, 0.2) is 0 Å². The fourth-order valence-electron chi connectivity index (χ4n) is 4.62. The molecule has 7 heteroatoms. The molecule has 32 heavy (non-hydrogen) atoms.